The molecule has 0 aliphatic carbocycles. The topological polar surface area (TPSA) is 63.3 Å². The maximum atomic E-state index is 10.4. The van der Waals surface area contributed by atoms with E-state index in [0.717, 1.165) is 5.56 Å². The molecule has 0 saturated heterocycles. The van der Waals surface area contributed by atoms with Gasteiger partial charge in [-0.2, -0.15) is 0 Å². The molecule has 16 heavy (non-hydrogen) atoms. The molecule has 0 saturated carbocycles. The number of oxazole rings is 1. The Balaban J connectivity index is 2.06. The third-order valence-electron chi connectivity index (χ3n) is 2.13. The van der Waals surface area contributed by atoms with Gasteiger partial charge >= 0.3 is 5.97 Å². The molecule has 0 amide bonds. The summed E-state index contributed by atoms with van der Waals surface area (Å²) in [6, 6.07) is 9.77. The normalized spacial score (nSPS) is 10.2. The van der Waals surface area contributed by atoms with Crippen molar-refractivity contribution in [3.8, 4) is 0 Å². The first-order chi connectivity index (χ1) is 7.74. The van der Waals surface area contributed by atoms with Crippen LogP contribution in [0.5, 0.6) is 0 Å². The van der Waals surface area contributed by atoms with Gasteiger partial charge in [-0.1, -0.05) is 30.3 Å². The monoisotopic (exact) mass is 217 g/mol. The minimum Gasteiger partial charge on any atom is -0.481 e. The van der Waals surface area contributed by atoms with Crippen LogP contribution in [0.4, 0.5) is 0 Å². The SMILES string of the molecule is O=C(O)Cc1cnc(Cc2ccccc2)o1. The first-order valence-corrected chi connectivity index (χ1v) is 4.93. The number of benzene rings is 1. The van der Waals surface area contributed by atoms with E-state index in [1.165, 1.54) is 6.20 Å². The van der Waals surface area contributed by atoms with Gasteiger partial charge < -0.3 is 9.52 Å². The van der Waals surface area contributed by atoms with Gasteiger partial charge in [-0.15, -0.1) is 0 Å². The van der Waals surface area contributed by atoms with Crippen LogP contribution in [0.1, 0.15) is 17.2 Å². The Bertz CT molecular complexity index is 476. The fraction of sp³-hybridized carbons (Fsp3) is 0.167. The van der Waals surface area contributed by atoms with E-state index in [1.54, 1.807) is 0 Å². The quantitative estimate of drug-likeness (QED) is 0.849. The van der Waals surface area contributed by atoms with E-state index < -0.39 is 5.97 Å². The van der Waals surface area contributed by atoms with Gasteiger partial charge in [-0.25, -0.2) is 4.98 Å². The van der Waals surface area contributed by atoms with Crippen LogP contribution in [0.2, 0.25) is 0 Å². The largest absolute Gasteiger partial charge is 0.481 e. The van der Waals surface area contributed by atoms with Gasteiger partial charge in [0.2, 0.25) is 0 Å². The summed E-state index contributed by atoms with van der Waals surface area (Å²) in [5.41, 5.74) is 1.09. The van der Waals surface area contributed by atoms with E-state index in [1.807, 2.05) is 30.3 Å². The molecule has 1 heterocycles. The van der Waals surface area contributed by atoms with Gasteiger partial charge in [0.25, 0.3) is 0 Å². The number of carbonyl (C=O) groups is 1. The zero-order valence-electron chi connectivity index (χ0n) is 8.59. The first-order valence-electron chi connectivity index (χ1n) is 4.93. The van der Waals surface area contributed by atoms with Crippen molar-refractivity contribution in [1.82, 2.24) is 4.98 Å². The molecule has 0 atom stereocenters. The molecule has 1 aromatic carbocycles. The highest BCUT2D eigenvalue weighted by Crippen LogP contribution is 2.10. The van der Waals surface area contributed by atoms with Crippen LogP contribution in [0, 0.1) is 0 Å². The highest BCUT2D eigenvalue weighted by atomic mass is 16.4. The van der Waals surface area contributed by atoms with Crippen LogP contribution in [-0.4, -0.2) is 16.1 Å². The number of nitrogens with zero attached hydrogens (tertiary/aromatic N) is 1. The second-order valence-corrected chi connectivity index (χ2v) is 3.45. The Hall–Kier alpha value is -2.10. The minimum atomic E-state index is -0.914. The molecular weight excluding hydrogens is 206 g/mol. The van der Waals surface area contributed by atoms with E-state index in [9.17, 15) is 4.79 Å². The summed E-state index contributed by atoms with van der Waals surface area (Å²) in [4.78, 5) is 14.5. The summed E-state index contributed by atoms with van der Waals surface area (Å²) in [6.07, 6.45) is 1.93. The summed E-state index contributed by atoms with van der Waals surface area (Å²) in [5, 5.41) is 8.58. The lowest BCUT2D eigenvalue weighted by Crippen LogP contribution is -1.98. The Morgan fingerprint density at radius 2 is 2.06 bits per heavy atom. The van der Waals surface area contributed by atoms with Crippen molar-refractivity contribution >= 4 is 5.97 Å². The molecule has 0 aliphatic rings. The van der Waals surface area contributed by atoms with Gasteiger partial charge in [-0.05, 0) is 5.56 Å². The number of hydrogen-bond donors (Lipinski definition) is 1. The Kier molecular flexibility index (Phi) is 3.00. The molecule has 4 heteroatoms. The van der Waals surface area contributed by atoms with Crippen molar-refractivity contribution < 1.29 is 14.3 Å². The zero-order valence-corrected chi connectivity index (χ0v) is 8.59. The maximum absolute atomic E-state index is 10.4. The third kappa shape index (κ3) is 2.70. The lowest BCUT2D eigenvalue weighted by Gasteiger charge is -1.95. The van der Waals surface area contributed by atoms with E-state index in [-0.39, 0.29) is 6.42 Å². The van der Waals surface area contributed by atoms with E-state index in [4.69, 9.17) is 9.52 Å². The van der Waals surface area contributed by atoms with Gasteiger partial charge in [0, 0.05) is 6.42 Å². The average Bonchev–Trinajstić information content (AvgIpc) is 2.66. The number of carboxylic acid groups (broad SMARTS) is 1. The standard InChI is InChI=1S/C12H11NO3/c14-12(15)7-10-8-13-11(16-10)6-9-4-2-1-3-5-9/h1-5,8H,6-7H2,(H,14,15). The summed E-state index contributed by atoms with van der Waals surface area (Å²) in [7, 11) is 0. The molecule has 0 aliphatic heterocycles. The summed E-state index contributed by atoms with van der Waals surface area (Å²) in [6.45, 7) is 0. The second kappa shape index (κ2) is 4.61. The number of aromatic nitrogens is 1. The van der Waals surface area contributed by atoms with Gasteiger partial charge in [0.1, 0.15) is 12.2 Å². The van der Waals surface area contributed by atoms with Crippen molar-refractivity contribution in [3.63, 3.8) is 0 Å². The van der Waals surface area contributed by atoms with Crippen molar-refractivity contribution in [2.75, 3.05) is 0 Å². The maximum Gasteiger partial charge on any atom is 0.311 e. The Labute approximate surface area is 92.6 Å². The molecule has 0 radical (unpaired) electrons. The molecule has 82 valence electrons. The second-order valence-electron chi connectivity index (χ2n) is 3.45. The molecule has 0 unspecified atom stereocenters. The van der Waals surface area contributed by atoms with Crippen LogP contribution in [0.25, 0.3) is 0 Å². The average molecular weight is 217 g/mol. The van der Waals surface area contributed by atoms with Gasteiger partial charge in [0.15, 0.2) is 5.89 Å². The number of rotatable bonds is 4. The van der Waals surface area contributed by atoms with Crippen LogP contribution in [-0.2, 0) is 17.6 Å². The highest BCUT2D eigenvalue weighted by Gasteiger charge is 2.07. The summed E-state index contributed by atoms with van der Waals surface area (Å²) in [5.74, 6) is 0.0169. The number of aliphatic carboxylic acids is 1. The predicted octanol–water partition coefficient (Wildman–Crippen LogP) is 1.89. The first kappa shape index (κ1) is 10.4. The Morgan fingerprint density at radius 3 is 2.75 bits per heavy atom. The number of hydrogen-bond acceptors (Lipinski definition) is 3. The Morgan fingerprint density at radius 1 is 1.31 bits per heavy atom. The van der Waals surface area contributed by atoms with Crippen LogP contribution < -0.4 is 0 Å². The molecule has 1 aromatic heterocycles. The van der Waals surface area contributed by atoms with Gasteiger partial charge in [0.05, 0.1) is 6.20 Å². The third-order valence-corrected chi connectivity index (χ3v) is 2.13. The molecule has 0 spiro atoms. The van der Waals surface area contributed by atoms with E-state index in [0.29, 0.717) is 18.1 Å². The van der Waals surface area contributed by atoms with Crippen molar-refractivity contribution in [3.05, 3.63) is 53.7 Å². The summed E-state index contributed by atoms with van der Waals surface area (Å²) < 4.78 is 5.31. The summed E-state index contributed by atoms with van der Waals surface area (Å²) >= 11 is 0. The fourth-order valence-corrected chi connectivity index (χ4v) is 1.43. The molecular formula is C12H11NO3. The smallest absolute Gasteiger partial charge is 0.311 e. The van der Waals surface area contributed by atoms with Crippen LogP contribution in [0.15, 0.2) is 40.9 Å². The highest BCUT2D eigenvalue weighted by molar-refractivity contribution is 5.69. The molecule has 1 N–H and O–H groups in total. The van der Waals surface area contributed by atoms with Crippen molar-refractivity contribution in [2.24, 2.45) is 0 Å². The molecule has 2 aromatic rings. The van der Waals surface area contributed by atoms with Crippen molar-refractivity contribution in [2.45, 2.75) is 12.8 Å². The minimum absolute atomic E-state index is 0.123. The van der Waals surface area contributed by atoms with Crippen LogP contribution >= 0.6 is 0 Å². The van der Waals surface area contributed by atoms with Gasteiger partial charge in [-0.3, -0.25) is 4.79 Å². The lowest BCUT2D eigenvalue weighted by molar-refractivity contribution is -0.136. The van der Waals surface area contributed by atoms with E-state index in [2.05, 4.69) is 4.98 Å². The molecule has 0 bridgehead atoms. The number of carboxylic acids is 1. The molecule has 0 fully saturated rings. The molecule has 4 nitrogen and oxygen atoms in total. The lowest BCUT2D eigenvalue weighted by atomic mass is 10.2. The van der Waals surface area contributed by atoms with E-state index >= 15 is 0 Å². The zero-order chi connectivity index (χ0) is 11.4. The van der Waals surface area contributed by atoms with Crippen LogP contribution in [0.3, 0.4) is 0 Å². The fourth-order valence-electron chi connectivity index (χ4n) is 1.43. The predicted molar refractivity (Wildman–Crippen MR) is 57.1 cm³/mol. The molecule has 2 rings (SSSR count). The van der Waals surface area contributed by atoms with Crippen molar-refractivity contribution in [1.29, 1.82) is 0 Å².